The fourth-order valence-electron chi connectivity index (χ4n) is 0.899. The van der Waals surface area contributed by atoms with Crippen LogP contribution in [-0.2, 0) is 4.79 Å². The number of allylic oxidation sites excluding steroid dienone is 1. The summed E-state index contributed by atoms with van der Waals surface area (Å²) >= 11 is 6.79. The summed E-state index contributed by atoms with van der Waals surface area (Å²) in [6, 6.07) is 0.180. The molecular weight excluding hydrogens is 214 g/mol. The Bertz CT molecular complexity index is 216. The van der Waals surface area contributed by atoms with E-state index in [0.717, 1.165) is 22.8 Å². The van der Waals surface area contributed by atoms with Crippen LogP contribution in [0.25, 0.3) is 0 Å². The van der Waals surface area contributed by atoms with Crippen LogP contribution < -0.4 is 5.32 Å². The summed E-state index contributed by atoms with van der Waals surface area (Å²) < 4.78 is 0.988. The molecule has 0 aliphatic rings. The van der Waals surface area contributed by atoms with E-state index in [2.05, 4.69) is 11.9 Å². The van der Waals surface area contributed by atoms with Crippen molar-refractivity contribution in [2.75, 3.05) is 5.75 Å². The number of thioether (sulfide) groups is 1. The first-order valence-corrected chi connectivity index (χ1v) is 5.99. The molecule has 0 aliphatic carbocycles. The van der Waals surface area contributed by atoms with E-state index < -0.39 is 0 Å². The van der Waals surface area contributed by atoms with Gasteiger partial charge in [-0.3, -0.25) is 4.79 Å². The Labute approximate surface area is 95.5 Å². The zero-order valence-electron chi connectivity index (χ0n) is 8.71. The molecule has 1 atom stereocenters. The lowest BCUT2D eigenvalue weighted by Gasteiger charge is -2.11. The number of hydrogen-bond donors (Lipinski definition) is 1. The molecule has 0 fully saturated rings. The summed E-state index contributed by atoms with van der Waals surface area (Å²) in [6.07, 6.45) is 3.70. The fourth-order valence-corrected chi connectivity index (χ4v) is 2.00. The van der Waals surface area contributed by atoms with E-state index >= 15 is 0 Å². The molecule has 0 radical (unpaired) electrons. The first-order valence-electron chi connectivity index (χ1n) is 4.60. The number of hydrogen-bond acceptors (Lipinski definition) is 3. The van der Waals surface area contributed by atoms with Crippen molar-refractivity contribution in [3.05, 3.63) is 12.7 Å². The molecule has 2 nitrogen and oxygen atoms in total. The normalized spacial score (nSPS) is 11.9. The van der Waals surface area contributed by atoms with Crippen LogP contribution in [0.5, 0.6) is 0 Å². The third-order valence-corrected chi connectivity index (χ3v) is 3.25. The van der Waals surface area contributed by atoms with Crippen molar-refractivity contribution in [1.29, 1.82) is 0 Å². The Balaban J connectivity index is 3.55. The third-order valence-electron chi connectivity index (χ3n) is 1.50. The molecule has 0 aromatic rings. The van der Waals surface area contributed by atoms with Gasteiger partial charge in [0, 0.05) is 22.9 Å². The Morgan fingerprint density at radius 3 is 2.86 bits per heavy atom. The van der Waals surface area contributed by atoms with E-state index in [1.54, 1.807) is 11.8 Å². The standard InChI is InChI=1S/C10H17NOS2/c1-4-5-6-10(13)14-7-8(2)11-9(3)12/h4,8H,1,5-7H2,2-3H3,(H,11,12). The molecule has 0 saturated carbocycles. The van der Waals surface area contributed by atoms with Gasteiger partial charge in [0.25, 0.3) is 0 Å². The van der Waals surface area contributed by atoms with Gasteiger partial charge in [0.05, 0.1) is 0 Å². The Hall–Kier alpha value is -0.350. The van der Waals surface area contributed by atoms with Crippen molar-refractivity contribution in [1.82, 2.24) is 5.32 Å². The minimum atomic E-state index is 0.00936. The average molecular weight is 231 g/mol. The first kappa shape index (κ1) is 13.7. The van der Waals surface area contributed by atoms with Crippen LogP contribution in [0.3, 0.4) is 0 Å². The second kappa shape index (κ2) is 8.00. The summed E-state index contributed by atoms with van der Waals surface area (Å²) in [5.41, 5.74) is 0. The third kappa shape index (κ3) is 8.26. The van der Waals surface area contributed by atoms with Crippen LogP contribution in [0.4, 0.5) is 0 Å². The topological polar surface area (TPSA) is 29.1 Å². The maximum atomic E-state index is 10.7. The SMILES string of the molecule is C=CCCC(=S)SCC(C)NC(C)=O. The lowest BCUT2D eigenvalue weighted by Crippen LogP contribution is -2.32. The van der Waals surface area contributed by atoms with Gasteiger partial charge in [-0.15, -0.1) is 18.3 Å². The van der Waals surface area contributed by atoms with Gasteiger partial charge in [-0.1, -0.05) is 18.3 Å². The molecule has 1 N–H and O–H groups in total. The van der Waals surface area contributed by atoms with Crippen molar-refractivity contribution >= 4 is 34.1 Å². The highest BCUT2D eigenvalue weighted by Crippen LogP contribution is 2.11. The quantitative estimate of drug-likeness (QED) is 0.562. The van der Waals surface area contributed by atoms with Crippen molar-refractivity contribution in [2.45, 2.75) is 32.7 Å². The monoisotopic (exact) mass is 231 g/mol. The van der Waals surface area contributed by atoms with Gasteiger partial charge < -0.3 is 5.32 Å². The van der Waals surface area contributed by atoms with E-state index in [1.807, 2.05) is 13.0 Å². The van der Waals surface area contributed by atoms with Crippen LogP contribution in [0.15, 0.2) is 12.7 Å². The predicted octanol–water partition coefficient (Wildman–Crippen LogP) is 2.54. The molecule has 0 rings (SSSR count). The van der Waals surface area contributed by atoms with Crippen LogP contribution in [-0.4, -0.2) is 21.9 Å². The summed E-state index contributed by atoms with van der Waals surface area (Å²) in [7, 11) is 0. The van der Waals surface area contributed by atoms with Crippen LogP contribution in [0.1, 0.15) is 26.7 Å². The summed E-state index contributed by atoms with van der Waals surface area (Å²) in [4.78, 5) is 10.7. The molecule has 80 valence electrons. The van der Waals surface area contributed by atoms with Crippen molar-refractivity contribution in [2.24, 2.45) is 0 Å². The molecule has 0 spiro atoms. The number of carbonyl (C=O) groups is 1. The van der Waals surface area contributed by atoms with Gasteiger partial charge in [-0.05, 0) is 19.8 Å². The highest BCUT2D eigenvalue weighted by molar-refractivity contribution is 8.23. The molecule has 0 heterocycles. The first-order chi connectivity index (χ1) is 6.56. The average Bonchev–Trinajstić information content (AvgIpc) is 2.10. The molecule has 0 bridgehead atoms. The number of nitrogens with one attached hydrogen (secondary N) is 1. The molecule has 1 amide bonds. The van der Waals surface area contributed by atoms with Crippen molar-refractivity contribution in [3.8, 4) is 0 Å². The maximum Gasteiger partial charge on any atom is 0.217 e. The van der Waals surface area contributed by atoms with Crippen molar-refractivity contribution in [3.63, 3.8) is 0 Å². The molecule has 0 aromatic heterocycles. The number of carbonyl (C=O) groups excluding carboxylic acids is 1. The van der Waals surface area contributed by atoms with Crippen LogP contribution >= 0.6 is 24.0 Å². The van der Waals surface area contributed by atoms with Gasteiger partial charge in [-0.25, -0.2) is 0 Å². The molecule has 0 aliphatic heterocycles. The second-order valence-electron chi connectivity index (χ2n) is 3.11. The summed E-state index contributed by atoms with van der Waals surface area (Å²) in [5.74, 6) is 0.852. The van der Waals surface area contributed by atoms with Gasteiger partial charge in [0.1, 0.15) is 0 Å². The number of thiocarbonyl (C=S) groups is 1. The zero-order valence-corrected chi connectivity index (χ0v) is 10.3. The minimum absolute atomic E-state index is 0.00936. The summed E-state index contributed by atoms with van der Waals surface area (Å²) in [5, 5.41) is 2.81. The Morgan fingerprint density at radius 1 is 1.71 bits per heavy atom. The number of amides is 1. The molecule has 14 heavy (non-hydrogen) atoms. The van der Waals surface area contributed by atoms with Gasteiger partial charge in [0.2, 0.25) is 5.91 Å². The van der Waals surface area contributed by atoms with Crippen LogP contribution in [0.2, 0.25) is 0 Å². The zero-order chi connectivity index (χ0) is 11.0. The Kier molecular flexibility index (Phi) is 7.80. The smallest absolute Gasteiger partial charge is 0.217 e. The van der Waals surface area contributed by atoms with E-state index in [1.165, 1.54) is 6.92 Å². The molecular formula is C10H17NOS2. The van der Waals surface area contributed by atoms with E-state index in [4.69, 9.17) is 12.2 Å². The second-order valence-corrected chi connectivity index (χ2v) is 4.98. The minimum Gasteiger partial charge on any atom is -0.353 e. The van der Waals surface area contributed by atoms with E-state index in [0.29, 0.717) is 0 Å². The molecule has 1 unspecified atom stereocenters. The summed E-state index contributed by atoms with van der Waals surface area (Å²) in [6.45, 7) is 7.14. The van der Waals surface area contributed by atoms with Gasteiger partial charge >= 0.3 is 0 Å². The highest BCUT2D eigenvalue weighted by atomic mass is 32.2. The van der Waals surface area contributed by atoms with Crippen LogP contribution in [0, 0.1) is 0 Å². The molecule has 0 saturated heterocycles. The van der Waals surface area contributed by atoms with Gasteiger partial charge in [-0.2, -0.15) is 0 Å². The lowest BCUT2D eigenvalue weighted by atomic mass is 10.3. The molecule has 4 heteroatoms. The largest absolute Gasteiger partial charge is 0.353 e. The fraction of sp³-hybridized carbons (Fsp3) is 0.600. The lowest BCUT2D eigenvalue weighted by molar-refractivity contribution is -0.119. The number of rotatable bonds is 6. The van der Waals surface area contributed by atoms with E-state index in [9.17, 15) is 4.79 Å². The highest BCUT2D eigenvalue weighted by Gasteiger charge is 2.04. The van der Waals surface area contributed by atoms with Gasteiger partial charge in [0.15, 0.2) is 0 Å². The van der Waals surface area contributed by atoms with E-state index in [-0.39, 0.29) is 11.9 Å². The Morgan fingerprint density at radius 2 is 2.36 bits per heavy atom. The molecule has 0 aromatic carbocycles. The van der Waals surface area contributed by atoms with Crippen molar-refractivity contribution < 1.29 is 4.79 Å². The maximum absolute atomic E-state index is 10.7. The predicted molar refractivity (Wildman–Crippen MR) is 67.8 cm³/mol.